The molecule has 0 bridgehead atoms. The maximum absolute atomic E-state index is 6.08. The number of nitrogens with zero attached hydrogens (tertiary/aromatic N) is 1. The molecule has 2 aromatic rings. The number of hydrogen-bond acceptors (Lipinski definition) is 2. The van der Waals surface area contributed by atoms with Gasteiger partial charge in [-0.15, -0.1) is 0 Å². The third-order valence-corrected chi connectivity index (χ3v) is 3.76. The molecule has 0 radical (unpaired) electrons. The molecule has 0 aliphatic heterocycles. The summed E-state index contributed by atoms with van der Waals surface area (Å²) in [4.78, 5) is 4.15. The van der Waals surface area contributed by atoms with Crippen LogP contribution in [0.3, 0.4) is 0 Å². The molecule has 2 nitrogen and oxygen atoms in total. The van der Waals surface area contributed by atoms with E-state index in [1.807, 2.05) is 13.0 Å². The Hall–Kier alpha value is -1.54. The molecule has 1 aromatic carbocycles. The minimum Gasteiger partial charge on any atom is -0.378 e. The van der Waals surface area contributed by atoms with Crippen LogP contribution in [0.25, 0.3) is 0 Å². The lowest BCUT2D eigenvalue weighted by atomic mass is 10.1. The van der Waals surface area contributed by atoms with Crippen molar-refractivity contribution in [1.82, 2.24) is 4.98 Å². The van der Waals surface area contributed by atoms with Gasteiger partial charge in [0.1, 0.15) is 0 Å². The molecule has 1 N–H and O–H groups in total. The number of rotatable bonds is 4. The molecule has 1 heterocycles. The second kappa shape index (κ2) is 5.22. The molecule has 1 saturated carbocycles. The van der Waals surface area contributed by atoms with Gasteiger partial charge in [-0.25, -0.2) is 4.98 Å². The van der Waals surface area contributed by atoms with Crippen molar-refractivity contribution in [2.75, 3.05) is 5.32 Å². The summed E-state index contributed by atoms with van der Waals surface area (Å²) in [5.74, 6) is 0.796. The summed E-state index contributed by atoms with van der Waals surface area (Å²) in [6, 6.07) is 10.8. The highest BCUT2D eigenvalue weighted by Gasteiger charge is 2.23. The number of pyridine rings is 1. The topological polar surface area (TPSA) is 24.9 Å². The van der Waals surface area contributed by atoms with E-state index in [-0.39, 0.29) is 0 Å². The summed E-state index contributed by atoms with van der Waals surface area (Å²) in [7, 11) is 0. The van der Waals surface area contributed by atoms with Gasteiger partial charge in [-0.3, -0.25) is 0 Å². The van der Waals surface area contributed by atoms with Gasteiger partial charge in [-0.2, -0.15) is 0 Å². The first-order valence-corrected chi connectivity index (χ1v) is 7.05. The van der Waals surface area contributed by atoms with Gasteiger partial charge in [0.05, 0.1) is 5.69 Å². The fraction of sp³-hybridized carbons (Fsp3) is 0.312. The second-order valence-corrected chi connectivity index (χ2v) is 5.58. The van der Waals surface area contributed by atoms with Crippen LogP contribution in [0, 0.1) is 6.92 Å². The zero-order valence-corrected chi connectivity index (χ0v) is 11.7. The zero-order chi connectivity index (χ0) is 13.2. The first kappa shape index (κ1) is 12.5. The van der Waals surface area contributed by atoms with Crippen LogP contribution < -0.4 is 5.32 Å². The van der Waals surface area contributed by atoms with Gasteiger partial charge < -0.3 is 5.32 Å². The van der Waals surface area contributed by atoms with Crippen LogP contribution in [-0.2, 0) is 6.54 Å². The molecule has 1 aliphatic carbocycles. The molecule has 0 saturated heterocycles. The highest BCUT2D eigenvalue weighted by atomic mass is 35.5. The molecular formula is C16H17ClN2. The predicted octanol–water partition coefficient (Wildman–Crippen LogP) is 4.53. The normalized spacial score (nSPS) is 14.4. The van der Waals surface area contributed by atoms with E-state index in [1.165, 1.54) is 24.0 Å². The van der Waals surface area contributed by atoms with E-state index in [0.29, 0.717) is 5.15 Å². The minimum atomic E-state index is 0.531. The molecule has 1 aliphatic rings. The summed E-state index contributed by atoms with van der Waals surface area (Å²) >= 11 is 6.08. The molecule has 98 valence electrons. The van der Waals surface area contributed by atoms with Gasteiger partial charge in [0.15, 0.2) is 5.15 Å². The van der Waals surface area contributed by atoms with Crippen molar-refractivity contribution >= 4 is 17.3 Å². The average Bonchev–Trinajstić information content (AvgIpc) is 3.25. The standard InChI is InChI=1S/C16H17ClN2/c1-11-7-15(16(17)19-9-11)18-10-12-3-2-4-14(8-12)13-5-6-13/h2-4,7-9,13,18H,5-6,10H2,1H3. The van der Waals surface area contributed by atoms with E-state index in [1.54, 1.807) is 6.20 Å². The Bertz CT molecular complexity index is 591. The van der Waals surface area contributed by atoms with E-state index in [2.05, 4.69) is 34.6 Å². The summed E-state index contributed by atoms with van der Waals surface area (Å²) < 4.78 is 0. The van der Waals surface area contributed by atoms with Gasteiger partial charge in [0.2, 0.25) is 0 Å². The SMILES string of the molecule is Cc1cnc(Cl)c(NCc2cccc(C3CC3)c2)c1. The fourth-order valence-electron chi connectivity index (χ4n) is 2.25. The first-order valence-electron chi connectivity index (χ1n) is 6.67. The molecule has 3 rings (SSSR count). The van der Waals surface area contributed by atoms with E-state index >= 15 is 0 Å². The van der Waals surface area contributed by atoms with Gasteiger partial charge in [0, 0.05) is 12.7 Å². The number of halogens is 1. The molecule has 0 amide bonds. The number of nitrogens with one attached hydrogen (secondary N) is 1. The second-order valence-electron chi connectivity index (χ2n) is 5.22. The molecule has 1 aromatic heterocycles. The highest BCUT2D eigenvalue weighted by molar-refractivity contribution is 6.31. The largest absolute Gasteiger partial charge is 0.378 e. The third-order valence-electron chi connectivity index (χ3n) is 3.46. The van der Waals surface area contributed by atoms with Crippen molar-refractivity contribution in [3.8, 4) is 0 Å². The van der Waals surface area contributed by atoms with Crippen LogP contribution >= 0.6 is 11.6 Å². The molecule has 19 heavy (non-hydrogen) atoms. The quantitative estimate of drug-likeness (QED) is 0.827. The van der Waals surface area contributed by atoms with Crippen LogP contribution in [0.4, 0.5) is 5.69 Å². The van der Waals surface area contributed by atoms with E-state index in [9.17, 15) is 0 Å². The van der Waals surface area contributed by atoms with Crippen molar-refractivity contribution in [3.63, 3.8) is 0 Å². The number of aryl methyl sites for hydroxylation is 1. The van der Waals surface area contributed by atoms with Crippen LogP contribution in [0.1, 0.15) is 35.4 Å². The fourth-order valence-corrected chi connectivity index (χ4v) is 2.42. The Morgan fingerprint density at radius 1 is 1.32 bits per heavy atom. The highest BCUT2D eigenvalue weighted by Crippen LogP contribution is 2.40. The summed E-state index contributed by atoms with van der Waals surface area (Å²) in [5.41, 5.74) is 4.77. The lowest BCUT2D eigenvalue weighted by Crippen LogP contribution is -2.01. The summed E-state index contributed by atoms with van der Waals surface area (Å²) in [6.07, 6.45) is 4.45. The Morgan fingerprint density at radius 2 is 2.16 bits per heavy atom. The molecule has 0 spiro atoms. The summed E-state index contributed by atoms with van der Waals surface area (Å²) in [6.45, 7) is 2.80. The van der Waals surface area contributed by atoms with Crippen LogP contribution in [0.2, 0.25) is 5.15 Å². The van der Waals surface area contributed by atoms with Crippen molar-refractivity contribution in [2.45, 2.75) is 32.2 Å². The Labute approximate surface area is 118 Å². The molecule has 0 unspecified atom stereocenters. The Kier molecular flexibility index (Phi) is 3.43. The van der Waals surface area contributed by atoms with Crippen molar-refractivity contribution in [1.29, 1.82) is 0 Å². The summed E-state index contributed by atoms with van der Waals surface area (Å²) in [5, 5.41) is 3.89. The monoisotopic (exact) mass is 272 g/mol. The van der Waals surface area contributed by atoms with Crippen molar-refractivity contribution in [3.05, 3.63) is 58.4 Å². The maximum atomic E-state index is 6.08. The van der Waals surface area contributed by atoms with Crippen molar-refractivity contribution < 1.29 is 0 Å². The van der Waals surface area contributed by atoms with Gasteiger partial charge in [-0.05, 0) is 48.4 Å². The van der Waals surface area contributed by atoms with Crippen LogP contribution in [-0.4, -0.2) is 4.98 Å². The Balaban J connectivity index is 1.71. The molecule has 1 fully saturated rings. The van der Waals surface area contributed by atoms with Crippen molar-refractivity contribution in [2.24, 2.45) is 0 Å². The number of benzene rings is 1. The number of anilines is 1. The third kappa shape index (κ3) is 3.07. The van der Waals surface area contributed by atoms with Crippen LogP contribution in [0.15, 0.2) is 36.5 Å². The smallest absolute Gasteiger partial charge is 0.152 e. The van der Waals surface area contributed by atoms with E-state index in [0.717, 1.165) is 23.7 Å². The van der Waals surface area contributed by atoms with Gasteiger partial charge >= 0.3 is 0 Å². The van der Waals surface area contributed by atoms with E-state index in [4.69, 9.17) is 11.6 Å². The van der Waals surface area contributed by atoms with Gasteiger partial charge in [0.25, 0.3) is 0 Å². The van der Waals surface area contributed by atoms with Gasteiger partial charge in [-0.1, -0.05) is 35.9 Å². The van der Waals surface area contributed by atoms with Crippen LogP contribution in [0.5, 0.6) is 0 Å². The zero-order valence-electron chi connectivity index (χ0n) is 11.0. The minimum absolute atomic E-state index is 0.531. The first-order chi connectivity index (χ1) is 9.22. The van der Waals surface area contributed by atoms with E-state index < -0.39 is 0 Å². The predicted molar refractivity (Wildman–Crippen MR) is 79.7 cm³/mol. The molecule has 3 heteroatoms. The Morgan fingerprint density at radius 3 is 2.95 bits per heavy atom. The number of hydrogen-bond donors (Lipinski definition) is 1. The number of aromatic nitrogens is 1. The average molecular weight is 273 g/mol. The molecular weight excluding hydrogens is 256 g/mol. The lowest BCUT2D eigenvalue weighted by molar-refractivity contribution is 1.08. The molecule has 0 atom stereocenters. The maximum Gasteiger partial charge on any atom is 0.152 e. The lowest BCUT2D eigenvalue weighted by Gasteiger charge is -2.09.